The second kappa shape index (κ2) is 5.67. The Morgan fingerprint density at radius 1 is 1.39 bits per heavy atom. The fraction of sp³-hybridized carbons (Fsp3) is 0.429. The molecule has 0 fully saturated rings. The lowest BCUT2D eigenvalue weighted by Crippen LogP contribution is -2.32. The lowest BCUT2D eigenvalue weighted by Gasteiger charge is -2.22. The standard InChI is InChI=1S/C14H19NO2S/c1-2-3-6-12-9-10-13-7-4-5-8-14(13)18(16,17)15-11-12/h2,4-5,7-8,12,15H,1,3,6,9-11H2. The van der Waals surface area contributed by atoms with Crippen molar-refractivity contribution in [3.63, 3.8) is 0 Å². The number of rotatable bonds is 3. The van der Waals surface area contributed by atoms with Gasteiger partial charge in [0.15, 0.2) is 0 Å². The lowest BCUT2D eigenvalue weighted by atomic mass is 9.95. The molecule has 98 valence electrons. The molecule has 1 N–H and O–H groups in total. The second-order valence-corrected chi connectivity index (χ2v) is 6.47. The quantitative estimate of drug-likeness (QED) is 0.853. The highest BCUT2D eigenvalue weighted by molar-refractivity contribution is 7.89. The topological polar surface area (TPSA) is 46.2 Å². The number of fused-ring (bicyclic) bond motifs is 1. The Labute approximate surface area is 109 Å². The maximum absolute atomic E-state index is 12.1. The van der Waals surface area contributed by atoms with E-state index < -0.39 is 10.0 Å². The van der Waals surface area contributed by atoms with Crippen LogP contribution in [0.25, 0.3) is 0 Å². The predicted octanol–water partition coefficient (Wildman–Crippen LogP) is 2.49. The molecule has 0 saturated carbocycles. The van der Waals surface area contributed by atoms with Gasteiger partial charge < -0.3 is 0 Å². The number of hydrogen-bond donors (Lipinski definition) is 1. The molecule has 0 saturated heterocycles. The average Bonchev–Trinajstić information content (AvgIpc) is 2.36. The van der Waals surface area contributed by atoms with Gasteiger partial charge in [-0.15, -0.1) is 6.58 Å². The number of aryl methyl sites for hydroxylation is 1. The van der Waals surface area contributed by atoms with E-state index in [1.54, 1.807) is 12.1 Å². The van der Waals surface area contributed by atoms with Crippen LogP contribution in [0, 0.1) is 5.92 Å². The van der Waals surface area contributed by atoms with Crippen molar-refractivity contribution < 1.29 is 8.42 Å². The number of nitrogens with one attached hydrogen (secondary N) is 1. The molecule has 3 nitrogen and oxygen atoms in total. The van der Waals surface area contributed by atoms with Crippen LogP contribution in [0.15, 0.2) is 41.8 Å². The molecule has 1 aromatic rings. The van der Waals surface area contributed by atoms with Gasteiger partial charge in [0, 0.05) is 6.54 Å². The summed E-state index contributed by atoms with van der Waals surface area (Å²) in [6.45, 7) is 4.25. The van der Waals surface area contributed by atoms with Gasteiger partial charge in [-0.25, -0.2) is 13.1 Å². The first-order chi connectivity index (χ1) is 8.63. The fourth-order valence-corrected chi connectivity index (χ4v) is 3.72. The van der Waals surface area contributed by atoms with Gasteiger partial charge in [-0.1, -0.05) is 24.3 Å². The summed E-state index contributed by atoms with van der Waals surface area (Å²) in [5.74, 6) is 0.395. The maximum Gasteiger partial charge on any atom is 0.240 e. The zero-order chi connectivity index (χ0) is 13.0. The summed E-state index contributed by atoms with van der Waals surface area (Å²) in [7, 11) is -3.34. The van der Waals surface area contributed by atoms with E-state index in [1.165, 1.54) is 0 Å². The molecule has 0 spiro atoms. The summed E-state index contributed by atoms with van der Waals surface area (Å²) in [4.78, 5) is 0.437. The van der Waals surface area contributed by atoms with Gasteiger partial charge in [0.1, 0.15) is 0 Å². The Morgan fingerprint density at radius 3 is 2.94 bits per heavy atom. The molecular formula is C14H19NO2S. The second-order valence-electron chi connectivity index (χ2n) is 4.73. The average molecular weight is 265 g/mol. The Morgan fingerprint density at radius 2 is 2.17 bits per heavy atom. The molecule has 1 aliphatic rings. The SMILES string of the molecule is C=CCCC1CCc2ccccc2S(=O)(=O)NC1. The van der Waals surface area contributed by atoms with Crippen LogP contribution in [0.5, 0.6) is 0 Å². The van der Waals surface area contributed by atoms with Crippen LogP contribution in [0.1, 0.15) is 24.8 Å². The number of benzene rings is 1. The largest absolute Gasteiger partial charge is 0.240 e. The van der Waals surface area contributed by atoms with E-state index >= 15 is 0 Å². The van der Waals surface area contributed by atoms with E-state index in [0.29, 0.717) is 17.4 Å². The predicted molar refractivity (Wildman–Crippen MR) is 72.9 cm³/mol. The summed E-state index contributed by atoms with van der Waals surface area (Å²) in [5.41, 5.74) is 0.924. The molecule has 1 unspecified atom stereocenters. The Balaban J connectivity index is 2.23. The smallest absolute Gasteiger partial charge is 0.211 e. The molecule has 0 aromatic heterocycles. The minimum atomic E-state index is -3.34. The van der Waals surface area contributed by atoms with Gasteiger partial charge in [-0.3, -0.25) is 0 Å². The molecule has 0 amide bonds. The summed E-state index contributed by atoms with van der Waals surface area (Å²) in [5, 5.41) is 0. The minimum Gasteiger partial charge on any atom is -0.211 e. The molecule has 1 atom stereocenters. The molecule has 0 aliphatic carbocycles. The normalized spacial score (nSPS) is 22.6. The summed E-state index contributed by atoms with van der Waals surface area (Å²) in [6.07, 6.45) is 5.68. The monoisotopic (exact) mass is 265 g/mol. The first kappa shape index (κ1) is 13.3. The molecule has 1 aliphatic heterocycles. The molecule has 1 heterocycles. The van der Waals surface area contributed by atoms with Crippen molar-refractivity contribution in [3.8, 4) is 0 Å². The van der Waals surface area contributed by atoms with Gasteiger partial charge in [-0.2, -0.15) is 0 Å². The van der Waals surface area contributed by atoms with Gasteiger partial charge in [0.25, 0.3) is 0 Å². The van der Waals surface area contributed by atoms with Crippen LogP contribution >= 0.6 is 0 Å². The summed E-state index contributed by atoms with van der Waals surface area (Å²) < 4.78 is 27.0. The third-order valence-corrected chi connectivity index (χ3v) is 4.95. The Kier molecular flexibility index (Phi) is 4.19. The highest BCUT2D eigenvalue weighted by Crippen LogP contribution is 2.23. The molecule has 4 heteroatoms. The van der Waals surface area contributed by atoms with Crippen molar-refractivity contribution >= 4 is 10.0 Å². The van der Waals surface area contributed by atoms with Gasteiger partial charge in [-0.05, 0) is 43.2 Å². The van der Waals surface area contributed by atoms with Crippen LogP contribution in [-0.4, -0.2) is 15.0 Å². The molecule has 1 aromatic carbocycles. The highest BCUT2D eigenvalue weighted by atomic mass is 32.2. The van der Waals surface area contributed by atoms with Gasteiger partial charge >= 0.3 is 0 Å². The zero-order valence-corrected chi connectivity index (χ0v) is 11.2. The van der Waals surface area contributed by atoms with E-state index in [4.69, 9.17) is 0 Å². The number of sulfonamides is 1. The maximum atomic E-state index is 12.1. The van der Waals surface area contributed by atoms with Crippen LogP contribution in [0.3, 0.4) is 0 Å². The van der Waals surface area contributed by atoms with E-state index in [2.05, 4.69) is 11.3 Å². The Hall–Kier alpha value is -1.13. The van der Waals surface area contributed by atoms with Crippen LogP contribution in [-0.2, 0) is 16.4 Å². The minimum absolute atomic E-state index is 0.395. The van der Waals surface area contributed by atoms with E-state index in [0.717, 1.165) is 31.2 Å². The summed E-state index contributed by atoms with van der Waals surface area (Å²) >= 11 is 0. The molecule has 2 rings (SSSR count). The molecule has 0 bridgehead atoms. The van der Waals surface area contributed by atoms with Crippen LogP contribution in [0.4, 0.5) is 0 Å². The van der Waals surface area contributed by atoms with Crippen molar-refractivity contribution in [2.45, 2.75) is 30.6 Å². The molecule has 0 radical (unpaired) electrons. The van der Waals surface area contributed by atoms with Crippen molar-refractivity contribution in [3.05, 3.63) is 42.5 Å². The zero-order valence-electron chi connectivity index (χ0n) is 10.4. The van der Waals surface area contributed by atoms with Crippen molar-refractivity contribution in [1.82, 2.24) is 4.72 Å². The van der Waals surface area contributed by atoms with E-state index in [1.807, 2.05) is 18.2 Å². The van der Waals surface area contributed by atoms with E-state index in [9.17, 15) is 8.42 Å². The van der Waals surface area contributed by atoms with Crippen LogP contribution < -0.4 is 4.72 Å². The first-order valence-electron chi connectivity index (χ1n) is 6.32. The molecular weight excluding hydrogens is 246 g/mol. The third kappa shape index (κ3) is 3.00. The van der Waals surface area contributed by atoms with Gasteiger partial charge in [0.2, 0.25) is 10.0 Å². The first-order valence-corrected chi connectivity index (χ1v) is 7.80. The van der Waals surface area contributed by atoms with Crippen molar-refractivity contribution in [1.29, 1.82) is 0 Å². The third-order valence-electron chi connectivity index (χ3n) is 3.43. The van der Waals surface area contributed by atoms with E-state index in [-0.39, 0.29) is 0 Å². The highest BCUT2D eigenvalue weighted by Gasteiger charge is 2.23. The van der Waals surface area contributed by atoms with Crippen molar-refractivity contribution in [2.24, 2.45) is 5.92 Å². The summed E-state index contributed by atoms with van der Waals surface area (Å²) in [6, 6.07) is 7.26. The van der Waals surface area contributed by atoms with Crippen LogP contribution in [0.2, 0.25) is 0 Å². The number of hydrogen-bond acceptors (Lipinski definition) is 2. The van der Waals surface area contributed by atoms with Crippen molar-refractivity contribution in [2.75, 3.05) is 6.54 Å². The fourth-order valence-electron chi connectivity index (χ4n) is 2.34. The Bertz CT molecular complexity index is 522. The van der Waals surface area contributed by atoms with Gasteiger partial charge in [0.05, 0.1) is 4.90 Å². The molecule has 18 heavy (non-hydrogen) atoms. The number of allylic oxidation sites excluding steroid dienone is 1. The lowest BCUT2D eigenvalue weighted by molar-refractivity contribution is 0.439.